The van der Waals surface area contributed by atoms with Gasteiger partial charge in [0.05, 0.1) is 10.8 Å². The normalized spacial score (nSPS) is 45.3. The summed E-state index contributed by atoms with van der Waals surface area (Å²) in [6.07, 6.45) is -3.76. The fourth-order valence-electron chi connectivity index (χ4n) is 10.1. The van der Waals surface area contributed by atoms with E-state index >= 15 is 0 Å². The van der Waals surface area contributed by atoms with Crippen molar-refractivity contribution in [1.82, 2.24) is 0 Å². The number of halogens is 5. The van der Waals surface area contributed by atoms with Crippen molar-refractivity contribution in [3.63, 3.8) is 0 Å². The van der Waals surface area contributed by atoms with Crippen LogP contribution in [0.2, 0.25) is 0 Å². The van der Waals surface area contributed by atoms with Gasteiger partial charge in [-0.25, -0.2) is 0 Å². The molecule has 0 aliphatic heterocycles. The molecular weight excluding hydrogens is 551 g/mol. The number of hydrogen-bond donors (Lipinski definition) is 1. The average Bonchev–Trinajstić information content (AvgIpc) is 3.03. The lowest BCUT2D eigenvalue weighted by atomic mass is 9.44. The summed E-state index contributed by atoms with van der Waals surface area (Å²) in [5.41, 5.74) is -3.43. The minimum Gasteiger partial charge on any atom is -0.458 e. The average molecular weight is 585 g/mol. The monoisotopic (exact) mass is 584 g/mol. The molecule has 7 bridgehead atoms. The minimum absolute atomic E-state index is 0.0612. The highest BCUT2D eigenvalue weighted by atomic mass is 32.2. The fraction of sp³-hybridized carbons (Fsp3) is 0.923. The first kappa shape index (κ1) is 27.7. The van der Waals surface area contributed by atoms with E-state index < -0.39 is 56.0 Å². The van der Waals surface area contributed by atoms with Gasteiger partial charge in [0.15, 0.2) is 0 Å². The highest BCUT2D eigenvalue weighted by Gasteiger charge is 2.70. The second-order valence-corrected chi connectivity index (χ2v) is 15.2. The Morgan fingerprint density at radius 3 is 2.03 bits per heavy atom. The van der Waals surface area contributed by atoms with E-state index in [1.165, 1.54) is 0 Å². The van der Waals surface area contributed by atoms with E-state index in [0.29, 0.717) is 31.1 Å². The summed E-state index contributed by atoms with van der Waals surface area (Å²) in [7, 11) is -6.55. The van der Waals surface area contributed by atoms with Crippen LogP contribution < -0.4 is 0 Å². The number of alkyl halides is 5. The second-order valence-electron chi connectivity index (χ2n) is 13.7. The van der Waals surface area contributed by atoms with Crippen molar-refractivity contribution in [1.29, 1.82) is 0 Å². The molecule has 0 aromatic carbocycles. The molecule has 1 N–H and O–H groups in total. The molecule has 0 aromatic heterocycles. The maximum Gasteiger partial charge on any atom is 0.432 e. The maximum absolute atomic E-state index is 14.2. The molecule has 7 aliphatic rings. The van der Waals surface area contributed by atoms with Crippen molar-refractivity contribution in [2.24, 2.45) is 46.3 Å². The Kier molecular flexibility index (Phi) is 5.88. The van der Waals surface area contributed by atoms with Crippen LogP contribution in [0.4, 0.5) is 22.0 Å². The van der Waals surface area contributed by atoms with Gasteiger partial charge in [-0.1, -0.05) is 0 Å². The van der Waals surface area contributed by atoms with Crippen LogP contribution >= 0.6 is 0 Å². The molecular formula is C26H33F5O7S. The van der Waals surface area contributed by atoms with E-state index in [-0.39, 0.29) is 42.9 Å². The van der Waals surface area contributed by atoms with Crippen LogP contribution in [0, 0.1) is 46.3 Å². The van der Waals surface area contributed by atoms with Crippen molar-refractivity contribution in [2.75, 3.05) is 0 Å². The number of hydrogen-bond acceptors (Lipinski definition) is 6. The molecule has 220 valence electrons. The first-order chi connectivity index (χ1) is 17.9. The van der Waals surface area contributed by atoms with E-state index in [1.807, 2.05) is 6.92 Å². The topological polar surface area (TPSA) is 107 Å². The molecule has 7 rings (SSSR count). The van der Waals surface area contributed by atoms with Gasteiger partial charge in [0.1, 0.15) is 5.60 Å². The second kappa shape index (κ2) is 8.29. The maximum atomic E-state index is 14.2. The lowest BCUT2D eigenvalue weighted by molar-refractivity contribution is -0.268. The Labute approximate surface area is 223 Å². The number of rotatable bonds is 6. The molecule has 0 amide bonds. The third kappa shape index (κ3) is 4.06. The van der Waals surface area contributed by atoms with Gasteiger partial charge >= 0.3 is 33.5 Å². The van der Waals surface area contributed by atoms with Gasteiger partial charge in [0, 0.05) is 5.92 Å². The molecule has 0 spiro atoms. The Morgan fingerprint density at radius 1 is 0.872 bits per heavy atom. The first-order valence-electron chi connectivity index (χ1n) is 13.7. The van der Waals surface area contributed by atoms with Gasteiger partial charge in [-0.2, -0.15) is 30.4 Å². The summed E-state index contributed by atoms with van der Waals surface area (Å²) >= 11 is 0. The van der Waals surface area contributed by atoms with Crippen molar-refractivity contribution in [3.05, 3.63) is 0 Å². The summed E-state index contributed by atoms with van der Waals surface area (Å²) in [5, 5.41) is -5.80. The standard InChI is InChI=1S/C26H33F5O7S/c1-22(17-3-2-16-5-13(6-17)7-18(16)22)38-21(33)24-10-14-4-15(11-24)9-23(8-14,12-24)20(32)37-19(25(27,28)29)26(30,31)39(34,35)36/h13-19H,2-12H2,1H3,(H,34,35,36). The molecule has 7 nitrogen and oxygen atoms in total. The molecule has 8 unspecified atom stereocenters. The van der Waals surface area contributed by atoms with Crippen LogP contribution in [0.25, 0.3) is 0 Å². The van der Waals surface area contributed by atoms with Crippen LogP contribution in [0.1, 0.15) is 77.6 Å². The van der Waals surface area contributed by atoms with Crippen molar-refractivity contribution < 1.29 is 54.0 Å². The smallest absolute Gasteiger partial charge is 0.432 e. The summed E-state index contributed by atoms with van der Waals surface area (Å²) < 4.78 is 111. The van der Waals surface area contributed by atoms with Crippen LogP contribution in [0.3, 0.4) is 0 Å². The number of fused-ring (bicyclic) bond motifs is 2. The highest BCUT2D eigenvalue weighted by molar-refractivity contribution is 7.86. The zero-order chi connectivity index (χ0) is 28.4. The van der Waals surface area contributed by atoms with Gasteiger partial charge in [0.2, 0.25) is 0 Å². The highest BCUT2D eigenvalue weighted by Crippen LogP contribution is 2.67. The quantitative estimate of drug-likeness (QED) is 0.257. The fourth-order valence-corrected chi connectivity index (χ4v) is 10.6. The molecule has 7 saturated carbocycles. The minimum atomic E-state index is -6.55. The Balaban J connectivity index is 1.27. The van der Waals surface area contributed by atoms with E-state index in [0.717, 1.165) is 32.1 Å². The van der Waals surface area contributed by atoms with E-state index in [1.54, 1.807) is 0 Å². The van der Waals surface area contributed by atoms with Crippen LogP contribution in [0.5, 0.6) is 0 Å². The van der Waals surface area contributed by atoms with Gasteiger partial charge in [-0.15, -0.1) is 0 Å². The van der Waals surface area contributed by atoms with Gasteiger partial charge in [0.25, 0.3) is 6.10 Å². The van der Waals surface area contributed by atoms with E-state index in [4.69, 9.17) is 9.29 Å². The zero-order valence-corrected chi connectivity index (χ0v) is 22.3. The Morgan fingerprint density at radius 2 is 1.46 bits per heavy atom. The van der Waals surface area contributed by atoms with Crippen molar-refractivity contribution in [3.8, 4) is 0 Å². The predicted molar refractivity (Wildman–Crippen MR) is 124 cm³/mol. The van der Waals surface area contributed by atoms with Gasteiger partial charge in [-0.05, 0) is 107 Å². The lowest BCUT2D eigenvalue weighted by Crippen LogP contribution is -2.62. The third-order valence-corrected chi connectivity index (χ3v) is 12.2. The lowest BCUT2D eigenvalue weighted by Gasteiger charge is -2.60. The molecule has 7 fully saturated rings. The molecule has 0 aromatic rings. The summed E-state index contributed by atoms with van der Waals surface area (Å²) in [6.45, 7) is 1.99. The zero-order valence-electron chi connectivity index (χ0n) is 21.5. The van der Waals surface area contributed by atoms with Crippen molar-refractivity contribution >= 4 is 22.1 Å². The summed E-state index contributed by atoms with van der Waals surface area (Å²) in [6, 6.07) is 0. The van der Waals surface area contributed by atoms with Crippen molar-refractivity contribution in [2.45, 2.75) is 101 Å². The summed E-state index contributed by atoms with van der Waals surface area (Å²) in [4.78, 5) is 27.2. The van der Waals surface area contributed by atoms with Gasteiger partial charge in [-0.3, -0.25) is 14.1 Å². The van der Waals surface area contributed by atoms with Gasteiger partial charge < -0.3 is 9.47 Å². The molecule has 0 heterocycles. The first-order valence-corrected chi connectivity index (χ1v) is 15.2. The molecule has 8 atom stereocenters. The molecule has 7 aliphatic carbocycles. The van der Waals surface area contributed by atoms with Crippen LogP contribution in [-0.2, 0) is 29.2 Å². The molecule has 13 heteroatoms. The van der Waals surface area contributed by atoms with E-state index in [2.05, 4.69) is 4.74 Å². The predicted octanol–water partition coefficient (Wildman–Crippen LogP) is 5.29. The SMILES string of the molecule is CC1(OC(=O)C23CC4CC(CC(C(=O)OC(C(F)(F)F)C(F)(F)S(=O)(=O)O)(C4)C2)C3)C2CCC3CC(C2)CC31. The molecule has 39 heavy (non-hydrogen) atoms. The molecule has 0 radical (unpaired) electrons. The Bertz CT molecular complexity index is 1170. The molecule has 0 saturated heterocycles. The number of carbonyl (C=O) groups is 2. The largest absolute Gasteiger partial charge is 0.458 e. The third-order valence-electron chi connectivity index (χ3n) is 11.3. The summed E-state index contributed by atoms with van der Waals surface area (Å²) in [5.74, 6) is -0.876. The van der Waals surface area contributed by atoms with Crippen LogP contribution in [0.15, 0.2) is 0 Å². The van der Waals surface area contributed by atoms with E-state index in [9.17, 15) is 40.0 Å². The van der Waals surface area contributed by atoms with Crippen LogP contribution in [-0.4, -0.2) is 48.0 Å². The number of ether oxygens (including phenoxy) is 2. The number of carbonyl (C=O) groups excluding carboxylic acids is 2. The Hall–Kier alpha value is -1.50. The number of esters is 2.